The fourth-order valence-electron chi connectivity index (χ4n) is 1.63. The van der Waals surface area contributed by atoms with Crippen LogP contribution in [0.25, 0.3) is 0 Å². The minimum Gasteiger partial charge on any atom is -0.373 e. The molecule has 0 bridgehead atoms. The topological polar surface area (TPSA) is 29.9 Å². The van der Waals surface area contributed by atoms with Gasteiger partial charge in [-0.05, 0) is 5.75 Å². The highest BCUT2D eigenvalue weighted by Crippen LogP contribution is 2.29. The molecule has 0 saturated carbocycles. The molecule has 0 radical (unpaired) electrons. The lowest BCUT2D eigenvalue weighted by Gasteiger charge is -2.10. The summed E-state index contributed by atoms with van der Waals surface area (Å²) in [6, 6.07) is 0. The molecule has 1 aliphatic heterocycles. The maximum absolute atomic E-state index is 4.46. The van der Waals surface area contributed by atoms with E-state index in [0.29, 0.717) is 0 Å². The summed E-state index contributed by atoms with van der Waals surface area (Å²) in [5.41, 5.74) is 2.68. The average Bonchev–Trinajstić information content (AvgIpc) is 2.40. The highest BCUT2D eigenvalue weighted by atomic mass is 32.2. The summed E-state index contributed by atoms with van der Waals surface area (Å²) in [4.78, 5) is 0. The number of fused-ring (bicyclic) bond motifs is 1. The third kappa shape index (κ3) is 1.10. The van der Waals surface area contributed by atoms with Crippen molar-refractivity contribution in [3.63, 3.8) is 0 Å². The fraction of sp³-hybridized carbons (Fsp3) is 0.625. The predicted octanol–water partition coefficient (Wildman–Crippen LogP) is 1.25. The quantitative estimate of drug-likeness (QED) is 0.710. The normalized spacial score (nSPS) is 15.8. The van der Waals surface area contributed by atoms with Crippen LogP contribution in [0.5, 0.6) is 0 Å². The minimum atomic E-state index is 1.11. The second kappa shape index (κ2) is 3.01. The minimum absolute atomic E-state index is 1.11. The van der Waals surface area contributed by atoms with Gasteiger partial charge in [0.1, 0.15) is 5.82 Å². The monoisotopic (exact) mass is 183 g/mol. The van der Waals surface area contributed by atoms with Crippen LogP contribution < -0.4 is 5.32 Å². The van der Waals surface area contributed by atoms with Crippen molar-refractivity contribution in [2.24, 2.45) is 7.05 Å². The summed E-state index contributed by atoms with van der Waals surface area (Å²) in [6.07, 6.45) is 1.12. The molecule has 0 amide bonds. The van der Waals surface area contributed by atoms with Gasteiger partial charge in [0.2, 0.25) is 0 Å². The number of nitrogens with one attached hydrogen (secondary N) is 1. The van der Waals surface area contributed by atoms with Crippen molar-refractivity contribution >= 4 is 17.6 Å². The lowest BCUT2D eigenvalue weighted by molar-refractivity contribution is 0.753. The van der Waals surface area contributed by atoms with E-state index in [1.807, 2.05) is 30.5 Å². The van der Waals surface area contributed by atoms with Gasteiger partial charge < -0.3 is 5.32 Å². The van der Waals surface area contributed by atoms with Crippen molar-refractivity contribution in [1.82, 2.24) is 9.78 Å². The van der Waals surface area contributed by atoms with E-state index in [0.717, 1.165) is 12.2 Å². The van der Waals surface area contributed by atoms with E-state index in [9.17, 15) is 0 Å². The van der Waals surface area contributed by atoms with Gasteiger partial charge in [-0.2, -0.15) is 16.9 Å². The summed E-state index contributed by atoms with van der Waals surface area (Å²) < 4.78 is 1.94. The third-order valence-corrected chi connectivity index (χ3v) is 3.18. The summed E-state index contributed by atoms with van der Waals surface area (Å²) >= 11 is 1.99. The first-order valence-electron chi connectivity index (χ1n) is 4.13. The molecule has 0 unspecified atom stereocenters. The van der Waals surface area contributed by atoms with Crippen molar-refractivity contribution in [3.05, 3.63) is 11.3 Å². The van der Waals surface area contributed by atoms with Crippen LogP contribution in [-0.2, 0) is 19.2 Å². The SMILES string of the molecule is CNc1c2c(nn1C)CCSC2. The van der Waals surface area contributed by atoms with E-state index in [1.165, 1.54) is 22.8 Å². The number of anilines is 1. The molecule has 1 N–H and O–H groups in total. The Hall–Kier alpha value is -0.640. The number of hydrogen-bond acceptors (Lipinski definition) is 3. The fourth-order valence-corrected chi connectivity index (χ4v) is 2.62. The number of thioether (sulfide) groups is 1. The number of hydrogen-bond donors (Lipinski definition) is 1. The van der Waals surface area contributed by atoms with Crippen LogP contribution in [0.4, 0.5) is 5.82 Å². The Labute approximate surface area is 76.5 Å². The van der Waals surface area contributed by atoms with Crippen LogP contribution >= 0.6 is 11.8 Å². The predicted molar refractivity (Wildman–Crippen MR) is 52.6 cm³/mol. The zero-order valence-electron chi connectivity index (χ0n) is 7.42. The molecule has 2 rings (SSSR count). The lowest BCUT2D eigenvalue weighted by Crippen LogP contribution is -2.02. The van der Waals surface area contributed by atoms with E-state index in [4.69, 9.17) is 0 Å². The third-order valence-electron chi connectivity index (χ3n) is 2.19. The largest absolute Gasteiger partial charge is 0.373 e. The molecule has 1 aromatic rings. The van der Waals surface area contributed by atoms with Crippen LogP contribution in [0.2, 0.25) is 0 Å². The van der Waals surface area contributed by atoms with Crippen LogP contribution in [-0.4, -0.2) is 22.6 Å². The first-order chi connectivity index (χ1) is 5.83. The molecule has 0 aliphatic carbocycles. The second-order valence-electron chi connectivity index (χ2n) is 2.95. The van der Waals surface area contributed by atoms with Gasteiger partial charge in [0.15, 0.2) is 0 Å². The van der Waals surface area contributed by atoms with Gasteiger partial charge in [-0.25, -0.2) is 0 Å². The Morgan fingerprint density at radius 1 is 1.58 bits per heavy atom. The molecule has 0 atom stereocenters. The zero-order valence-corrected chi connectivity index (χ0v) is 8.24. The van der Waals surface area contributed by atoms with Crippen LogP contribution in [0, 0.1) is 0 Å². The number of rotatable bonds is 1. The Balaban J connectivity index is 2.46. The Bertz CT molecular complexity index is 293. The molecule has 0 saturated heterocycles. The van der Waals surface area contributed by atoms with Crippen molar-refractivity contribution in [3.8, 4) is 0 Å². The van der Waals surface area contributed by atoms with E-state index in [-0.39, 0.29) is 0 Å². The smallest absolute Gasteiger partial charge is 0.128 e. The molecular formula is C8H13N3S. The molecule has 66 valence electrons. The molecule has 0 fully saturated rings. The van der Waals surface area contributed by atoms with E-state index >= 15 is 0 Å². The van der Waals surface area contributed by atoms with Crippen molar-refractivity contribution in [2.75, 3.05) is 18.1 Å². The van der Waals surface area contributed by atoms with Crippen LogP contribution in [0.1, 0.15) is 11.3 Å². The molecule has 1 aromatic heterocycles. The molecule has 1 aliphatic rings. The van der Waals surface area contributed by atoms with E-state index in [1.54, 1.807) is 0 Å². The average molecular weight is 183 g/mol. The maximum atomic E-state index is 4.46. The summed E-state index contributed by atoms with van der Waals surface area (Å²) in [5, 5.41) is 7.65. The van der Waals surface area contributed by atoms with Crippen molar-refractivity contribution in [1.29, 1.82) is 0 Å². The number of aromatic nitrogens is 2. The van der Waals surface area contributed by atoms with Crippen LogP contribution in [0.15, 0.2) is 0 Å². The molecule has 3 nitrogen and oxygen atoms in total. The van der Waals surface area contributed by atoms with Gasteiger partial charge in [0, 0.05) is 31.8 Å². The lowest BCUT2D eigenvalue weighted by atomic mass is 10.2. The summed E-state index contributed by atoms with van der Waals surface area (Å²) in [5.74, 6) is 3.50. The molecule has 12 heavy (non-hydrogen) atoms. The number of aryl methyl sites for hydroxylation is 2. The Kier molecular flexibility index (Phi) is 2.00. The molecule has 0 aromatic carbocycles. The number of nitrogens with zero attached hydrogens (tertiary/aromatic N) is 2. The Morgan fingerprint density at radius 3 is 3.17 bits per heavy atom. The van der Waals surface area contributed by atoms with Gasteiger partial charge in [-0.3, -0.25) is 4.68 Å². The van der Waals surface area contributed by atoms with Gasteiger partial charge >= 0.3 is 0 Å². The molecule has 0 spiro atoms. The van der Waals surface area contributed by atoms with E-state index < -0.39 is 0 Å². The van der Waals surface area contributed by atoms with Gasteiger partial charge in [-0.1, -0.05) is 0 Å². The maximum Gasteiger partial charge on any atom is 0.128 e. The molecule has 2 heterocycles. The van der Waals surface area contributed by atoms with Gasteiger partial charge in [0.25, 0.3) is 0 Å². The zero-order chi connectivity index (χ0) is 8.55. The first kappa shape index (κ1) is 7.98. The van der Waals surface area contributed by atoms with Crippen LogP contribution in [0.3, 0.4) is 0 Å². The van der Waals surface area contributed by atoms with E-state index in [2.05, 4.69) is 10.4 Å². The highest BCUT2D eigenvalue weighted by Gasteiger charge is 2.18. The summed E-state index contributed by atoms with van der Waals surface area (Å²) in [6.45, 7) is 0. The molecule has 4 heteroatoms. The van der Waals surface area contributed by atoms with Crippen molar-refractivity contribution < 1.29 is 0 Å². The standard InChI is InChI=1S/C8H13N3S/c1-9-8-6-5-12-4-3-7(6)10-11(8)2/h9H,3-5H2,1-2H3. The Morgan fingerprint density at radius 2 is 2.42 bits per heavy atom. The van der Waals surface area contributed by atoms with Crippen molar-refractivity contribution in [2.45, 2.75) is 12.2 Å². The highest BCUT2D eigenvalue weighted by molar-refractivity contribution is 7.98. The second-order valence-corrected chi connectivity index (χ2v) is 4.06. The molecular weight excluding hydrogens is 170 g/mol. The van der Waals surface area contributed by atoms with Gasteiger partial charge in [0.05, 0.1) is 5.69 Å². The van der Waals surface area contributed by atoms with Gasteiger partial charge in [-0.15, -0.1) is 0 Å². The summed E-state index contributed by atoms with van der Waals surface area (Å²) in [7, 11) is 3.95. The first-order valence-corrected chi connectivity index (χ1v) is 5.28.